The summed E-state index contributed by atoms with van der Waals surface area (Å²) >= 11 is 0. The first-order chi connectivity index (χ1) is 7.35. The Balaban J connectivity index is 2.33. The standard InChI is InChI=1S/C15H26O/c1-11(2)12-6-9-14(3)7-5-8-15(4,16)13(14)10-12/h10-11,13,16H,5-9H2,1-4H3/t13?,14-,15+/m1/s1. The fourth-order valence-electron chi connectivity index (χ4n) is 3.78. The van der Waals surface area contributed by atoms with Crippen molar-refractivity contribution in [1.29, 1.82) is 0 Å². The fourth-order valence-corrected chi connectivity index (χ4v) is 3.78. The zero-order valence-electron chi connectivity index (χ0n) is 11.2. The van der Waals surface area contributed by atoms with E-state index < -0.39 is 5.60 Å². The molecular weight excluding hydrogens is 196 g/mol. The molecule has 1 heteroatoms. The lowest BCUT2D eigenvalue weighted by atomic mass is 9.56. The maximum atomic E-state index is 10.6. The Hall–Kier alpha value is -0.300. The van der Waals surface area contributed by atoms with Gasteiger partial charge in [-0.25, -0.2) is 0 Å². The van der Waals surface area contributed by atoms with Crippen molar-refractivity contribution in [2.24, 2.45) is 17.3 Å². The van der Waals surface area contributed by atoms with Crippen molar-refractivity contribution < 1.29 is 5.11 Å². The van der Waals surface area contributed by atoms with Gasteiger partial charge in [0.1, 0.15) is 0 Å². The van der Waals surface area contributed by atoms with Crippen molar-refractivity contribution in [3.05, 3.63) is 11.6 Å². The van der Waals surface area contributed by atoms with Crippen LogP contribution in [0.4, 0.5) is 0 Å². The van der Waals surface area contributed by atoms with E-state index in [0.717, 1.165) is 6.42 Å². The minimum atomic E-state index is -0.479. The Bertz CT molecular complexity index is 301. The maximum Gasteiger partial charge on any atom is 0.0687 e. The molecule has 0 aliphatic heterocycles. The van der Waals surface area contributed by atoms with E-state index in [0.29, 0.717) is 17.3 Å². The second-order valence-corrected chi connectivity index (χ2v) is 6.74. The average molecular weight is 222 g/mol. The second kappa shape index (κ2) is 3.87. The number of aliphatic hydroxyl groups is 1. The minimum absolute atomic E-state index is 0.347. The van der Waals surface area contributed by atoms with E-state index in [1.54, 1.807) is 5.57 Å². The summed E-state index contributed by atoms with van der Waals surface area (Å²) in [4.78, 5) is 0. The largest absolute Gasteiger partial charge is 0.390 e. The Morgan fingerprint density at radius 2 is 1.94 bits per heavy atom. The van der Waals surface area contributed by atoms with Gasteiger partial charge in [0, 0.05) is 5.92 Å². The summed E-state index contributed by atoms with van der Waals surface area (Å²) in [5.74, 6) is 1.02. The smallest absolute Gasteiger partial charge is 0.0687 e. The van der Waals surface area contributed by atoms with Crippen molar-refractivity contribution in [2.45, 2.75) is 65.4 Å². The summed E-state index contributed by atoms with van der Waals surface area (Å²) in [6, 6.07) is 0. The van der Waals surface area contributed by atoms with Gasteiger partial charge in [-0.2, -0.15) is 0 Å². The lowest BCUT2D eigenvalue weighted by Crippen LogP contribution is -2.48. The molecule has 0 bridgehead atoms. The van der Waals surface area contributed by atoms with Gasteiger partial charge in [-0.1, -0.05) is 38.8 Å². The van der Waals surface area contributed by atoms with Gasteiger partial charge in [0.05, 0.1) is 5.60 Å². The van der Waals surface area contributed by atoms with Crippen LogP contribution >= 0.6 is 0 Å². The van der Waals surface area contributed by atoms with Crippen LogP contribution in [0.2, 0.25) is 0 Å². The van der Waals surface area contributed by atoms with E-state index in [-0.39, 0.29) is 0 Å². The predicted molar refractivity (Wildman–Crippen MR) is 68.2 cm³/mol. The highest BCUT2D eigenvalue weighted by Crippen LogP contribution is 2.53. The van der Waals surface area contributed by atoms with Crippen LogP contribution in [0.3, 0.4) is 0 Å². The van der Waals surface area contributed by atoms with Gasteiger partial charge in [-0.15, -0.1) is 0 Å². The molecular formula is C15H26O. The molecule has 1 N–H and O–H groups in total. The number of rotatable bonds is 1. The summed E-state index contributed by atoms with van der Waals surface area (Å²) in [7, 11) is 0. The minimum Gasteiger partial charge on any atom is -0.390 e. The zero-order chi connectivity index (χ0) is 12.0. The van der Waals surface area contributed by atoms with Gasteiger partial charge in [-0.05, 0) is 43.9 Å². The van der Waals surface area contributed by atoms with Crippen molar-refractivity contribution in [3.63, 3.8) is 0 Å². The van der Waals surface area contributed by atoms with E-state index in [9.17, 15) is 5.11 Å². The molecule has 0 heterocycles. The van der Waals surface area contributed by atoms with E-state index >= 15 is 0 Å². The number of hydrogen-bond donors (Lipinski definition) is 1. The third-order valence-electron chi connectivity index (χ3n) is 4.96. The van der Waals surface area contributed by atoms with Crippen LogP contribution in [0.5, 0.6) is 0 Å². The van der Waals surface area contributed by atoms with Crippen LogP contribution in [0.1, 0.15) is 59.8 Å². The second-order valence-electron chi connectivity index (χ2n) is 6.74. The average Bonchev–Trinajstić information content (AvgIpc) is 2.15. The Morgan fingerprint density at radius 1 is 1.25 bits per heavy atom. The molecule has 0 spiro atoms. The van der Waals surface area contributed by atoms with Gasteiger partial charge in [0.15, 0.2) is 0 Å². The number of allylic oxidation sites excluding steroid dienone is 1. The molecule has 0 aromatic carbocycles. The Morgan fingerprint density at radius 3 is 2.56 bits per heavy atom. The van der Waals surface area contributed by atoms with Crippen LogP contribution in [0, 0.1) is 17.3 Å². The summed E-state index contributed by atoms with van der Waals surface area (Å²) in [5, 5.41) is 10.6. The van der Waals surface area contributed by atoms with Gasteiger partial charge in [0.25, 0.3) is 0 Å². The molecule has 2 aliphatic carbocycles. The monoisotopic (exact) mass is 222 g/mol. The number of fused-ring (bicyclic) bond motifs is 1. The molecule has 0 radical (unpaired) electrons. The third kappa shape index (κ3) is 1.95. The highest BCUT2D eigenvalue weighted by atomic mass is 16.3. The topological polar surface area (TPSA) is 20.2 Å². The van der Waals surface area contributed by atoms with Crippen molar-refractivity contribution in [3.8, 4) is 0 Å². The van der Waals surface area contributed by atoms with Crippen LogP contribution < -0.4 is 0 Å². The van der Waals surface area contributed by atoms with Crippen LogP contribution in [-0.4, -0.2) is 10.7 Å². The lowest BCUT2D eigenvalue weighted by Gasteiger charge is -2.51. The first-order valence-corrected chi connectivity index (χ1v) is 6.78. The molecule has 2 rings (SSSR count). The van der Waals surface area contributed by atoms with E-state index in [1.165, 1.54) is 25.7 Å². The molecule has 92 valence electrons. The molecule has 0 amide bonds. The van der Waals surface area contributed by atoms with Crippen molar-refractivity contribution in [1.82, 2.24) is 0 Å². The molecule has 16 heavy (non-hydrogen) atoms. The Labute approximate surface area is 99.9 Å². The molecule has 1 unspecified atom stereocenters. The summed E-state index contributed by atoms with van der Waals surface area (Å²) in [6.45, 7) is 8.95. The first kappa shape index (κ1) is 12.2. The molecule has 3 atom stereocenters. The molecule has 0 saturated heterocycles. The summed E-state index contributed by atoms with van der Waals surface area (Å²) in [6.07, 6.45) is 8.35. The molecule has 0 aromatic rings. The predicted octanol–water partition coefficient (Wildman–Crippen LogP) is 3.92. The van der Waals surface area contributed by atoms with Gasteiger partial charge < -0.3 is 5.11 Å². The van der Waals surface area contributed by atoms with E-state index in [2.05, 4.69) is 26.8 Å². The van der Waals surface area contributed by atoms with E-state index in [4.69, 9.17) is 0 Å². The molecule has 1 fully saturated rings. The highest BCUT2D eigenvalue weighted by Gasteiger charge is 2.48. The lowest BCUT2D eigenvalue weighted by molar-refractivity contribution is -0.0797. The van der Waals surface area contributed by atoms with Crippen molar-refractivity contribution in [2.75, 3.05) is 0 Å². The summed E-state index contributed by atoms with van der Waals surface area (Å²) < 4.78 is 0. The van der Waals surface area contributed by atoms with Crippen LogP contribution in [-0.2, 0) is 0 Å². The van der Waals surface area contributed by atoms with Gasteiger partial charge in [-0.3, -0.25) is 0 Å². The van der Waals surface area contributed by atoms with Gasteiger partial charge in [0.2, 0.25) is 0 Å². The maximum absolute atomic E-state index is 10.6. The van der Waals surface area contributed by atoms with E-state index in [1.807, 2.05) is 6.92 Å². The first-order valence-electron chi connectivity index (χ1n) is 6.78. The van der Waals surface area contributed by atoms with Crippen LogP contribution in [0.25, 0.3) is 0 Å². The SMILES string of the molecule is CC(C)C1=CC2[C@](C)(CCC[C@]2(C)O)CC1. The molecule has 2 aliphatic rings. The quantitative estimate of drug-likeness (QED) is 0.667. The Kier molecular flexibility index (Phi) is 2.94. The normalized spacial score (nSPS) is 44.1. The fraction of sp³-hybridized carbons (Fsp3) is 0.867. The number of hydrogen-bond acceptors (Lipinski definition) is 1. The molecule has 0 aromatic heterocycles. The summed E-state index contributed by atoms with van der Waals surface area (Å²) in [5.41, 5.74) is 1.43. The molecule has 1 saturated carbocycles. The van der Waals surface area contributed by atoms with Crippen LogP contribution in [0.15, 0.2) is 11.6 Å². The zero-order valence-corrected chi connectivity index (χ0v) is 11.2. The van der Waals surface area contributed by atoms with Crippen molar-refractivity contribution >= 4 is 0 Å². The highest BCUT2D eigenvalue weighted by molar-refractivity contribution is 5.19. The third-order valence-corrected chi connectivity index (χ3v) is 4.96. The van der Waals surface area contributed by atoms with Gasteiger partial charge >= 0.3 is 0 Å². The molecule has 1 nitrogen and oxygen atoms in total.